The first-order valence-electron chi connectivity index (χ1n) is 5.90. The first kappa shape index (κ1) is 9.17. The van der Waals surface area contributed by atoms with E-state index in [9.17, 15) is 0 Å². The first-order valence-corrected chi connectivity index (χ1v) is 5.90. The van der Waals surface area contributed by atoms with Gasteiger partial charge in [-0.1, -0.05) is 0 Å². The molecule has 2 saturated heterocycles. The molecular formula is C12H20O2. The van der Waals surface area contributed by atoms with Gasteiger partial charge in [0.15, 0.2) is 0 Å². The van der Waals surface area contributed by atoms with Crippen LogP contribution in [0.5, 0.6) is 0 Å². The quantitative estimate of drug-likeness (QED) is 0.633. The van der Waals surface area contributed by atoms with Gasteiger partial charge in [-0.25, -0.2) is 0 Å². The zero-order chi connectivity index (χ0) is 9.81. The maximum Gasteiger partial charge on any atom is 0.0916 e. The molecule has 1 aliphatic carbocycles. The molecule has 3 rings (SSSR count). The lowest BCUT2D eigenvalue weighted by Gasteiger charge is -2.32. The Bertz CT molecular complexity index is 207. The fraction of sp³-hybridized carbons (Fsp3) is 1.00. The SMILES string of the molecule is CC1(C2CCC(C3(C)CO3)CC2)CO1. The maximum atomic E-state index is 5.54. The van der Waals surface area contributed by atoms with Crippen LogP contribution in [0.4, 0.5) is 0 Å². The molecule has 0 aromatic carbocycles. The van der Waals surface area contributed by atoms with E-state index in [2.05, 4.69) is 13.8 Å². The van der Waals surface area contributed by atoms with E-state index >= 15 is 0 Å². The summed E-state index contributed by atoms with van der Waals surface area (Å²) < 4.78 is 11.1. The highest BCUT2D eigenvalue weighted by Gasteiger charge is 2.52. The zero-order valence-electron chi connectivity index (χ0n) is 9.21. The molecular weight excluding hydrogens is 176 g/mol. The highest BCUT2D eigenvalue weighted by Crippen LogP contribution is 2.49. The molecule has 3 fully saturated rings. The lowest BCUT2D eigenvalue weighted by Crippen LogP contribution is -2.31. The first-order chi connectivity index (χ1) is 6.62. The molecule has 0 spiro atoms. The summed E-state index contributed by atoms with van der Waals surface area (Å²) in [7, 11) is 0. The summed E-state index contributed by atoms with van der Waals surface area (Å²) in [6.07, 6.45) is 5.39. The monoisotopic (exact) mass is 196 g/mol. The molecule has 2 heterocycles. The molecule has 2 atom stereocenters. The highest BCUT2D eigenvalue weighted by molar-refractivity contribution is 5.01. The van der Waals surface area contributed by atoms with Gasteiger partial charge in [0.2, 0.25) is 0 Å². The third-order valence-electron chi connectivity index (χ3n) is 4.65. The molecule has 0 aromatic rings. The second-order valence-corrected chi connectivity index (χ2v) is 5.75. The van der Waals surface area contributed by atoms with Crippen molar-refractivity contribution in [2.75, 3.05) is 13.2 Å². The molecule has 3 aliphatic rings. The van der Waals surface area contributed by atoms with Crippen molar-refractivity contribution in [3.63, 3.8) is 0 Å². The summed E-state index contributed by atoms with van der Waals surface area (Å²) in [5.74, 6) is 1.64. The zero-order valence-corrected chi connectivity index (χ0v) is 9.21. The predicted molar refractivity (Wildman–Crippen MR) is 54.2 cm³/mol. The molecule has 1 saturated carbocycles. The highest BCUT2D eigenvalue weighted by atomic mass is 16.6. The molecule has 2 unspecified atom stereocenters. The second-order valence-electron chi connectivity index (χ2n) is 5.75. The van der Waals surface area contributed by atoms with Crippen molar-refractivity contribution >= 4 is 0 Å². The molecule has 2 aliphatic heterocycles. The van der Waals surface area contributed by atoms with Crippen LogP contribution in [0.25, 0.3) is 0 Å². The van der Waals surface area contributed by atoms with E-state index in [4.69, 9.17) is 9.47 Å². The van der Waals surface area contributed by atoms with Gasteiger partial charge < -0.3 is 9.47 Å². The molecule has 0 N–H and O–H groups in total. The Balaban J connectivity index is 1.57. The summed E-state index contributed by atoms with van der Waals surface area (Å²) in [6, 6.07) is 0. The van der Waals surface area contributed by atoms with Crippen molar-refractivity contribution in [2.45, 2.75) is 50.7 Å². The van der Waals surface area contributed by atoms with E-state index in [1.165, 1.54) is 25.7 Å². The van der Waals surface area contributed by atoms with Gasteiger partial charge in [-0.15, -0.1) is 0 Å². The molecule has 0 aromatic heterocycles. The molecule has 80 valence electrons. The van der Waals surface area contributed by atoms with Crippen LogP contribution in [0.15, 0.2) is 0 Å². The number of hydrogen-bond donors (Lipinski definition) is 0. The third-order valence-corrected chi connectivity index (χ3v) is 4.65. The second kappa shape index (κ2) is 2.73. The Labute approximate surface area is 86.0 Å². The summed E-state index contributed by atoms with van der Waals surface area (Å²) in [6.45, 7) is 6.53. The van der Waals surface area contributed by atoms with Crippen molar-refractivity contribution in [3.05, 3.63) is 0 Å². The van der Waals surface area contributed by atoms with E-state index in [0.29, 0.717) is 0 Å². The molecule has 14 heavy (non-hydrogen) atoms. The minimum Gasteiger partial charge on any atom is -0.370 e. The summed E-state index contributed by atoms with van der Waals surface area (Å²) in [5, 5.41) is 0. The smallest absolute Gasteiger partial charge is 0.0916 e. The average molecular weight is 196 g/mol. The largest absolute Gasteiger partial charge is 0.370 e. The normalized spacial score (nSPS) is 57.0. The van der Waals surface area contributed by atoms with Gasteiger partial charge in [-0.2, -0.15) is 0 Å². The Morgan fingerprint density at radius 2 is 1.07 bits per heavy atom. The van der Waals surface area contributed by atoms with Gasteiger partial charge in [0.1, 0.15) is 0 Å². The van der Waals surface area contributed by atoms with Gasteiger partial charge in [-0.05, 0) is 51.4 Å². The van der Waals surface area contributed by atoms with E-state index in [1.807, 2.05) is 0 Å². The van der Waals surface area contributed by atoms with Gasteiger partial charge in [0.25, 0.3) is 0 Å². The van der Waals surface area contributed by atoms with E-state index in [-0.39, 0.29) is 11.2 Å². The lowest BCUT2D eigenvalue weighted by molar-refractivity contribution is 0.121. The Morgan fingerprint density at radius 1 is 0.786 bits per heavy atom. The van der Waals surface area contributed by atoms with Gasteiger partial charge in [0, 0.05) is 0 Å². The van der Waals surface area contributed by atoms with E-state index in [0.717, 1.165) is 25.0 Å². The van der Waals surface area contributed by atoms with Crippen LogP contribution in [-0.2, 0) is 9.47 Å². The summed E-state index contributed by atoms with van der Waals surface area (Å²) in [5.41, 5.74) is 0.520. The van der Waals surface area contributed by atoms with Crippen molar-refractivity contribution < 1.29 is 9.47 Å². The fourth-order valence-electron chi connectivity index (χ4n) is 3.01. The molecule has 0 amide bonds. The lowest BCUT2D eigenvalue weighted by atomic mass is 9.72. The van der Waals surface area contributed by atoms with Crippen molar-refractivity contribution in [1.29, 1.82) is 0 Å². The van der Waals surface area contributed by atoms with Crippen LogP contribution in [0.2, 0.25) is 0 Å². The minimum absolute atomic E-state index is 0.260. The number of rotatable bonds is 2. The summed E-state index contributed by atoms with van der Waals surface area (Å²) >= 11 is 0. The van der Waals surface area contributed by atoms with Crippen LogP contribution in [0.1, 0.15) is 39.5 Å². The predicted octanol–water partition coefficient (Wildman–Crippen LogP) is 2.37. The molecule has 2 heteroatoms. The fourth-order valence-corrected chi connectivity index (χ4v) is 3.01. The number of hydrogen-bond acceptors (Lipinski definition) is 2. The van der Waals surface area contributed by atoms with Crippen LogP contribution in [0, 0.1) is 11.8 Å². The van der Waals surface area contributed by atoms with Gasteiger partial charge in [-0.3, -0.25) is 0 Å². The summed E-state index contributed by atoms with van der Waals surface area (Å²) in [4.78, 5) is 0. The molecule has 0 bridgehead atoms. The topological polar surface area (TPSA) is 25.1 Å². The van der Waals surface area contributed by atoms with Crippen LogP contribution < -0.4 is 0 Å². The van der Waals surface area contributed by atoms with E-state index < -0.39 is 0 Å². The number of ether oxygens (including phenoxy) is 2. The Morgan fingerprint density at radius 3 is 1.29 bits per heavy atom. The van der Waals surface area contributed by atoms with Crippen LogP contribution in [-0.4, -0.2) is 24.4 Å². The van der Waals surface area contributed by atoms with Gasteiger partial charge >= 0.3 is 0 Å². The van der Waals surface area contributed by atoms with Crippen LogP contribution >= 0.6 is 0 Å². The Hall–Kier alpha value is -0.0800. The average Bonchev–Trinajstić information content (AvgIpc) is 3.08. The Kier molecular flexibility index (Phi) is 1.79. The van der Waals surface area contributed by atoms with Crippen molar-refractivity contribution in [2.24, 2.45) is 11.8 Å². The minimum atomic E-state index is 0.260. The maximum absolute atomic E-state index is 5.54. The van der Waals surface area contributed by atoms with E-state index in [1.54, 1.807) is 0 Å². The molecule has 0 radical (unpaired) electrons. The molecule has 2 nitrogen and oxygen atoms in total. The van der Waals surface area contributed by atoms with Gasteiger partial charge in [0.05, 0.1) is 24.4 Å². The van der Waals surface area contributed by atoms with Crippen LogP contribution in [0.3, 0.4) is 0 Å². The van der Waals surface area contributed by atoms with Crippen molar-refractivity contribution in [1.82, 2.24) is 0 Å². The third kappa shape index (κ3) is 1.40. The van der Waals surface area contributed by atoms with Crippen molar-refractivity contribution in [3.8, 4) is 0 Å². The standard InChI is InChI=1S/C12H20O2/c1-11(7-13-11)9-3-5-10(6-4-9)12(2)8-14-12/h9-10H,3-8H2,1-2H3. The number of epoxide rings is 2.